The molecule has 2 nitrogen and oxygen atoms in total. The van der Waals surface area contributed by atoms with Gasteiger partial charge in [-0.3, -0.25) is 0 Å². The molecule has 0 saturated carbocycles. The molecule has 0 aromatic heterocycles. The zero-order valence-electron chi connectivity index (χ0n) is 10.9. The number of hydrogen-bond acceptors (Lipinski definition) is 2. The number of nitrogens with one attached hydrogen (secondary N) is 1. The van der Waals surface area contributed by atoms with Crippen molar-refractivity contribution in [3.05, 3.63) is 42.5 Å². The van der Waals surface area contributed by atoms with Crippen LogP contribution in [0.4, 0.5) is 0 Å². The van der Waals surface area contributed by atoms with Crippen LogP contribution in [0, 0.1) is 5.92 Å². The predicted molar refractivity (Wildman–Crippen MR) is 73.3 cm³/mol. The topological polar surface area (TPSA) is 21.3 Å². The summed E-state index contributed by atoms with van der Waals surface area (Å²) >= 11 is 0. The van der Waals surface area contributed by atoms with Gasteiger partial charge in [0.2, 0.25) is 0 Å². The Balaban J connectivity index is 2.48. The second-order valence-corrected chi connectivity index (χ2v) is 4.56. The van der Waals surface area contributed by atoms with Crippen LogP contribution in [-0.4, -0.2) is 13.2 Å². The molecule has 0 fully saturated rings. The Bertz CT molecular complexity index is 333. The van der Waals surface area contributed by atoms with Crippen molar-refractivity contribution in [2.75, 3.05) is 13.2 Å². The van der Waals surface area contributed by atoms with E-state index in [4.69, 9.17) is 4.74 Å². The summed E-state index contributed by atoms with van der Waals surface area (Å²) in [7, 11) is 0. The molecular weight excluding hydrogens is 210 g/mol. The molecule has 0 radical (unpaired) electrons. The van der Waals surface area contributed by atoms with Crippen molar-refractivity contribution in [3.63, 3.8) is 0 Å². The first-order valence-corrected chi connectivity index (χ1v) is 6.26. The molecule has 94 valence electrons. The molecule has 0 spiro atoms. The van der Waals surface area contributed by atoms with Crippen LogP contribution >= 0.6 is 0 Å². The SMILES string of the molecule is C=CCCOc1ccccc1CNCC(C)C. The summed E-state index contributed by atoms with van der Waals surface area (Å²) in [6.07, 6.45) is 2.76. The third-order valence-electron chi connectivity index (χ3n) is 2.42. The Labute approximate surface area is 105 Å². The molecule has 1 aromatic rings. The lowest BCUT2D eigenvalue weighted by atomic mass is 10.2. The van der Waals surface area contributed by atoms with Crippen molar-refractivity contribution in [1.29, 1.82) is 0 Å². The van der Waals surface area contributed by atoms with Gasteiger partial charge in [0.05, 0.1) is 6.61 Å². The lowest BCUT2D eigenvalue weighted by Crippen LogP contribution is -2.19. The van der Waals surface area contributed by atoms with Gasteiger partial charge in [-0.2, -0.15) is 0 Å². The lowest BCUT2D eigenvalue weighted by molar-refractivity contribution is 0.320. The van der Waals surface area contributed by atoms with Gasteiger partial charge in [0.15, 0.2) is 0 Å². The van der Waals surface area contributed by atoms with E-state index in [1.165, 1.54) is 5.56 Å². The monoisotopic (exact) mass is 233 g/mol. The summed E-state index contributed by atoms with van der Waals surface area (Å²) in [4.78, 5) is 0. The maximum atomic E-state index is 5.72. The molecule has 0 aliphatic carbocycles. The van der Waals surface area contributed by atoms with Crippen LogP contribution in [-0.2, 0) is 6.54 Å². The summed E-state index contributed by atoms with van der Waals surface area (Å²) < 4.78 is 5.72. The van der Waals surface area contributed by atoms with Crippen molar-refractivity contribution in [2.45, 2.75) is 26.8 Å². The van der Waals surface area contributed by atoms with E-state index in [0.29, 0.717) is 12.5 Å². The fourth-order valence-corrected chi connectivity index (χ4v) is 1.54. The third kappa shape index (κ3) is 5.55. The van der Waals surface area contributed by atoms with Gasteiger partial charge in [-0.15, -0.1) is 6.58 Å². The minimum Gasteiger partial charge on any atom is -0.493 e. The van der Waals surface area contributed by atoms with E-state index in [-0.39, 0.29) is 0 Å². The van der Waals surface area contributed by atoms with Crippen molar-refractivity contribution < 1.29 is 4.74 Å². The first kappa shape index (κ1) is 13.8. The molecule has 0 heterocycles. The van der Waals surface area contributed by atoms with Gasteiger partial charge >= 0.3 is 0 Å². The Kier molecular flexibility index (Phi) is 6.41. The Morgan fingerprint density at radius 2 is 2.12 bits per heavy atom. The quantitative estimate of drug-likeness (QED) is 0.549. The van der Waals surface area contributed by atoms with Crippen molar-refractivity contribution in [1.82, 2.24) is 5.32 Å². The summed E-state index contributed by atoms with van der Waals surface area (Å²) in [5.41, 5.74) is 1.22. The van der Waals surface area contributed by atoms with Crippen LogP contribution in [0.2, 0.25) is 0 Å². The van der Waals surface area contributed by atoms with Crippen molar-refractivity contribution >= 4 is 0 Å². The third-order valence-corrected chi connectivity index (χ3v) is 2.42. The minimum atomic E-state index is 0.670. The molecule has 0 bridgehead atoms. The highest BCUT2D eigenvalue weighted by molar-refractivity contribution is 5.33. The second-order valence-electron chi connectivity index (χ2n) is 4.56. The minimum absolute atomic E-state index is 0.670. The normalized spacial score (nSPS) is 10.5. The highest BCUT2D eigenvalue weighted by Crippen LogP contribution is 2.17. The first-order valence-electron chi connectivity index (χ1n) is 6.26. The molecule has 2 heteroatoms. The molecule has 0 saturated heterocycles. The fraction of sp³-hybridized carbons (Fsp3) is 0.467. The van der Waals surface area contributed by atoms with E-state index >= 15 is 0 Å². The van der Waals surface area contributed by atoms with Crippen LogP contribution in [0.1, 0.15) is 25.8 Å². The predicted octanol–water partition coefficient (Wildman–Crippen LogP) is 3.39. The fourth-order valence-electron chi connectivity index (χ4n) is 1.54. The molecule has 0 aliphatic heterocycles. The van der Waals surface area contributed by atoms with Gasteiger partial charge in [0.1, 0.15) is 5.75 Å². The van der Waals surface area contributed by atoms with Crippen molar-refractivity contribution in [2.24, 2.45) is 5.92 Å². The van der Waals surface area contributed by atoms with E-state index in [2.05, 4.69) is 31.8 Å². The molecule has 1 aromatic carbocycles. The second kappa shape index (κ2) is 7.91. The van der Waals surface area contributed by atoms with Crippen LogP contribution in [0.5, 0.6) is 5.75 Å². The number of benzene rings is 1. The van der Waals surface area contributed by atoms with Gasteiger partial charge in [0, 0.05) is 12.1 Å². The van der Waals surface area contributed by atoms with Crippen LogP contribution in [0.25, 0.3) is 0 Å². The van der Waals surface area contributed by atoms with Gasteiger partial charge in [-0.1, -0.05) is 38.1 Å². The number of rotatable bonds is 8. The maximum Gasteiger partial charge on any atom is 0.123 e. The molecule has 17 heavy (non-hydrogen) atoms. The summed E-state index contributed by atoms with van der Waals surface area (Å²) in [5, 5.41) is 3.43. The summed E-state index contributed by atoms with van der Waals surface area (Å²) in [5.74, 6) is 1.65. The molecule has 0 amide bonds. The molecule has 1 rings (SSSR count). The van der Waals surface area contributed by atoms with E-state index in [1.54, 1.807) is 0 Å². The van der Waals surface area contributed by atoms with E-state index in [1.807, 2.05) is 24.3 Å². The summed E-state index contributed by atoms with van der Waals surface area (Å²) in [6.45, 7) is 10.7. The molecule has 0 atom stereocenters. The van der Waals surface area contributed by atoms with Gasteiger partial charge in [-0.25, -0.2) is 0 Å². The Morgan fingerprint density at radius 1 is 1.35 bits per heavy atom. The average molecular weight is 233 g/mol. The lowest BCUT2D eigenvalue weighted by Gasteiger charge is -2.12. The van der Waals surface area contributed by atoms with Crippen LogP contribution < -0.4 is 10.1 Å². The average Bonchev–Trinajstić information content (AvgIpc) is 2.31. The van der Waals surface area contributed by atoms with Crippen molar-refractivity contribution in [3.8, 4) is 5.75 Å². The largest absolute Gasteiger partial charge is 0.493 e. The number of para-hydroxylation sites is 1. The van der Waals surface area contributed by atoms with Gasteiger partial charge in [-0.05, 0) is 24.9 Å². The van der Waals surface area contributed by atoms with Gasteiger partial charge in [0.25, 0.3) is 0 Å². The zero-order valence-corrected chi connectivity index (χ0v) is 10.9. The molecule has 0 unspecified atom stereocenters. The standard InChI is InChI=1S/C15H23NO/c1-4-5-10-17-15-9-7-6-8-14(15)12-16-11-13(2)3/h4,6-9,13,16H,1,5,10-12H2,2-3H3. The highest BCUT2D eigenvalue weighted by Gasteiger charge is 2.02. The number of ether oxygens (including phenoxy) is 1. The Hall–Kier alpha value is -1.28. The molecule has 0 aliphatic rings. The maximum absolute atomic E-state index is 5.72. The molecule has 1 N–H and O–H groups in total. The van der Waals surface area contributed by atoms with Crippen LogP contribution in [0.3, 0.4) is 0 Å². The zero-order chi connectivity index (χ0) is 12.5. The molecular formula is C15H23NO. The smallest absolute Gasteiger partial charge is 0.123 e. The highest BCUT2D eigenvalue weighted by atomic mass is 16.5. The van der Waals surface area contributed by atoms with Crippen LogP contribution in [0.15, 0.2) is 36.9 Å². The van der Waals surface area contributed by atoms with E-state index < -0.39 is 0 Å². The number of hydrogen-bond donors (Lipinski definition) is 1. The van der Waals surface area contributed by atoms with E-state index in [0.717, 1.165) is 25.3 Å². The van der Waals surface area contributed by atoms with Gasteiger partial charge < -0.3 is 10.1 Å². The Morgan fingerprint density at radius 3 is 2.82 bits per heavy atom. The first-order chi connectivity index (χ1) is 8.24. The van der Waals surface area contributed by atoms with E-state index in [9.17, 15) is 0 Å². The summed E-state index contributed by atoms with van der Waals surface area (Å²) in [6, 6.07) is 8.19.